The molecule has 0 aliphatic rings. The van der Waals surface area contributed by atoms with Crippen LogP contribution in [0.3, 0.4) is 0 Å². The quantitative estimate of drug-likeness (QED) is 0.561. The van der Waals surface area contributed by atoms with Crippen LogP contribution in [0.15, 0.2) is 0 Å². The van der Waals surface area contributed by atoms with Crippen molar-refractivity contribution in [1.29, 1.82) is 0 Å². The van der Waals surface area contributed by atoms with Gasteiger partial charge in [-0.1, -0.05) is 69.2 Å². The fourth-order valence-electron chi connectivity index (χ4n) is 2.71. The molecule has 0 saturated heterocycles. The summed E-state index contributed by atoms with van der Waals surface area (Å²) in [6.45, 7) is 23.8. The molecule has 16 heavy (non-hydrogen) atoms. The van der Waals surface area contributed by atoms with Gasteiger partial charge in [0.25, 0.3) is 0 Å². The maximum atomic E-state index is 2.41. The van der Waals surface area contributed by atoms with Gasteiger partial charge < -0.3 is 0 Å². The van der Waals surface area contributed by atoms with E-state index in [1.807, 2.05) is 0 Å². The van der Waals surface area contributed by atoms with Crippen LogP contribution in [0.5, 0.6) is 0 Å². The molecule has 0 aromatic carbocycles. The molecule has 1 unspecified atom stereocenters. The summed E-state index contributed by atoms with van der Waals surface area (Å²) in [7, 11) is 0. The Morgan fingerprint density at radius 3 is 1.12 bits per heavy atom. The van der Waals surface area contributed by atoms with Gasteiger partial charge in [0.2, 0.25) is 0 Å². The number of hydrogen-bond acceptors (Lipinski definition) is 0. The van der Waals surface area contributed by atoms with Gasteiger partial charge in [-0.15, -0.1) is 0 Å². The molecule has 0 heterocycles. The zero-order chi connectivity index (χ0) is 13.4. The van der Waals surface area contributed by atoms with Crippen molar-refractivity contribution in [2.45, 2.75) is 75.7 Å². The van der Waals surface area contributed by atoms with Gasteiger partial charge in [0.1, 0.15) is 0 Å². The zero-order valence-electron chi connectivity index (χ0n) is 13.4. The number of hydrogen-bond donors (Lipinski definition) is 0. The summed E-state index contributed by atoms with van der Waals surface area (Å²) in [4.78, 5) is 0. The fraction of sp³-hybridized carbons (Fsp3) is 1.00. The smallest absolute Gasteiger partial charge is 0.0314 e. The lowest BCUT2D eigenvalue weighted by molar-refractivity contribution is 0.0553. The molecule has 0 aliphatic carbocycles. The zero-order valence-corrected chi connectivity index (χ0v) is 13.4. The largest absolute Gasteiger partial charge is 0.0620 e. The first-order valence-electron chi connectivity index (χ1n) is 6.76. The van der Waals surface area contributed by atoms with Crippen LogP contribution in [-0.2, 0) is 0 Å². The molecular formula is C16H34. The molecule has 1 atom stereocenters. The van der Waals surface area contributed by atoms with Gasteiger partial charge >= 0.3 is 0 Å². The maximum absolute atomic E-state index is 2.41. The average Bonchev–Trinajstić information content (AvgIpc) is 1.92. The Labute approximate surface area is 104 Å². The van der Waals surface area contributed by atoms with E-state index < -0.39 is 0 Å². The molecule has 0 bridgehead atoms. The summed E-state index contributed by atoms with van der Waals surface area (Å²) in [6, 6.07) is 0. The van der Waals surface area contributed by atoms with Crippen LogP contribution in [0.2, 0.25) is 0 Å². The topological polar surface area (TPSA) is 0 Å². The van der Waals surface area contributed by atoms with Crippen LogP contribution in [0.25, 0.3) is 0 Å². The summed E-state index contributed by atoms with van der Waals surface area (Å²) in [6.07, 6.45) is 1.33. The monoisotopic (exact) mass is 226 g/mol. The molecule has 0 spiro atoms. The molecule has 0 aromatic heterocycles. The molecule has 0 saturated carbocycles. The highest BCUT2D eigenvalue weighted by atomic mass is 14.4. The highest BCUT2D eigenvalue weighted by Gasteiger charge is 2.37. The second-order valence-corrected chi connectivity index (χ2v) is 8.79. The Balaban J connectivity index is 4.85. The van der Waals surface area contributed by atoms with Crippen LogP contribution >= 0.6 is 0 Å². The first-order valence-corrected chi connectivity index (χ1v) is 6.76. The third kappa shape index (κ3) is 4.89. The van der Waals surface area contributed by atoms with Crippen molar-refractivity contribution in [2.24, 2.45) is 28.1 Å². The molecule has 98 valence electrons. The molecule has 0 N–H and O–H groups in total. The third-order valence-corrected chi connectivity index (χ3v) is 4.16. The van der Waals surface area contributed by atoms with Gasteiger partial charge in [-0.3, -0.25) is 0 Å². The van der Waals surface area contributed by atoms with E-state index in [4.69, 9.17) is 0 Å². The standard InChI is InChI=1S/C16H34/c1-12(14(2,3)4)11-13(15(5,6)7)16(8,9)10/h12-13H,11H2,1-10H3. The summed E-state index contributed by atoms with van der Waals surface area (Å²) < 4.78 is 0. The van der Waals surface area contributed by atoms with Crippen molar-refractivity contribution in [2.75, 3.05) is 0 Å². The van der Waals surface area contributed by atoms with E-state index in [0.29, 0.717) is 16.2 Å². The molecule has 0 amide bonds. The van der Waals surface area contributed by atoms with E-state index >= 15 is 0 Å². The Morgan fingerprint density at radius 2 is 0.938 bits per heavy atom. The summed E-state index contributed by atoms with van der Waals surface area (Å²) in [5.74, 6) is 1.55. The van der Waals surface area contributed by atoms with Crippen molar-refractivity contribution >= 4 is 0 Å². The van der Waals surface area contributed by atoms with Crippen LogP contribution in [0, 0.1) is 28.1 Å². The lowest BCUT2D eigenvalue weighted by Crippen LogP contribution is -2.36. The van der Waals surface area contributed by atoms with Gasteiger partial charge in [0, 0.05) is 0 Å². The first kappa shape index (κ1) is 16.0. The highest BCUT2D eigenvalue weighted by molar-refractivity contribution is 4.87. The van der Waals surface area contributed by atoms with E-state index in [2.05, 4.69) is 69.2 Å². The fourth-order valence-corrected chi connectivity index (χ4v) is 2.71. The van der Waals surface area contributed by atoms with Gasteiger partial charge in [-0.05, 0) is 34.5 Å². The molecule has 0 nitrogen and oxygen atoms in total. The molecule has 0 rings (SSSR count). The normalized spacial score (nSPS) is 16.7. The van der Waals surface area contributed by atoms with E-state index in [1.165, 1.54) is 6.42 Å². The Morgan fingerprint density at radius 1 is 0.625 bits per heavy atom. The first-order chi connectivity index (χ1) is 6.76. The van der Waals surface area contributed by atoms with E-state index in [0.717, 1.165) is 11.8 Å². The van der Waals surface area contributed by atoms with Crippen molar-refractivity contribution in [3.8, 4) is 0 Å². The second-order valence-electron chi connectivity index (χ2n) is 8.79. The predicted molar refractivity (Wildman–Crippen MR) is 75.6 cm³/mol. The minimum atomic E-state index is 0.401. The molecule has 0 radical (unpaired) electrons. The second kappa shape index (κ2) is 4.70. The number of rotatable bonds is 2. The molecule has 0 aromatic rings. The lowest BCUT2D eigenvalue weighted by Gasteiger charge is -2.44. The van der Waals surface area contributed by atoms with Crippen molar-refractivity contribution in [1.82, 2.24) is 0 Å². The maximum Gasteiger partial charge on any atom is -0.0314 e. The molecular weight excluding hydrogens is 192 g/mol. The van der Waals surface area contributed by atoms with Gasteiger partial charge in [-0.25, -0.2) is 0 Å². The van der Waals surface area contributed by atoms with Gasteiger partial charge in [0.05, 0.1) is 0 Å². The lowest BCUT2D eigenvalue weighted by atomic mass is 9.61. The molecule has 0 aliphatic heterocycles. The minimum absolute atomic E-state index is 0.401. The van der Waals surface area contributed by atoms with E-state index in [9.17, 15) is 0 Å². The van der Waals surface area contributed by atoms with Gasteiger partial charge in [0.15, 0.2) is 0 Å². The van der Waals surface area contributed by atoms with Crippen molar-refractivity contribution < 1.29 is 0 Å². The average molecular weight is 226 g/mol. The van der Waals surface area contributed by atoms with Crippen molar-refractivity contribution in [3.05, 3.63) is 0 Å². The minimum Gasteiger partial charge on any atom is -0.0620 e. The van der Waals surface area contributed by atoms with Crippen LogP contribution in [0.1, 0.15) is 75.7 Å². The highest BCUT2D eigenvalue weighted by Crippen LogP contribution is 2.46. The molecule has 0 heteroatoms. The summed E-state index contributed by atoms with van der Waals surface area (Å²) in [5, 5.41) is 0. The van der Waals surface area contributed by atoms with Crippen LogP contribution < -0.4 is 0 Å². The van der Waals surface area contributed by atoms with Crippen molar-refractivity contribution in [3.63, 3.8) is 0 Å². The predicted octanol–water partition coefficient (Wildman–Crippen LogP) is 5.77. The Kier molecular flexibility index (Phi) is 4.70. The summed E-state index contributed by atoms with van der Waals surface area (Å²) in [5.41, 5.74) is 1.23. The Hall–Kier alpha value is 0. The molecule has 0 fully saturated rings. The third-order valence-electron chi connectivity index (χ3n) is 4.16. The van der Waals surface area contributed by atoms with E-state index in [1.54, 1.807) is 0 Å². The van der Waals surface area contributed by atoms with Gasteiger partial charge in [-0.2, -0.15) is 0 Å². The summed E-state index contributed by atoms with van der Waals surface area (Å²) >= 11 is 0. The SMILES string of the molecule is CC(CC(C(C)(C)C)C(C)(C)C)C(C)(C)C. The van der Waals surface area contributed by atoms with E-state index in [-0.39, 0.29) is 0 Å². The Bertz CT molecular complexity index is 190. The van der Waals surface area contributed by atoms with Crippen LogP contribution in [0.4, 0.5) is 0 Å². The van der Waals surface area contributed by atoms with Crippen LogP contribution in [-0.4, -0.2) is 0 Å².